The van der Waals surface area contributed by atoms with Crippen molar-refractivity contribution in [2.24, 2.45) is 0 Å². The molecule has 0 spiro atoms. The number of benzene rings is 1. The number of nitrogens with one attached hydrogen (secondary N) is 1. The van der Waals surface area contributed by atoms with Crippen LogP contribution in [0.2, 0.25) is 0 Å². The summed E-state index contributed by atoms with van der Waals surface area (Å²) in [7, 11) is 0. The highest BCUT2D eigenvalue weighted by Gasteiger charge is 2.21. The molecular weight excluding hydrogens is 210 g/mol. The van der Waals surface area contributed by atoms with Gasteiger partial charge in [0.1, 0.15) is 0 Å². The topological polar surface area (TPSA) is 21.3 Å². The van der Waals surface area contributed by atoms with Gasteiger partial charge in [-0.05, 0) is 49.3 Å². The highest BCUT2D eigenvalue weighted by molar-refractivity contribution is 5.35. The Morgan fingerprint density at radius 2 is 1.94 bits per heavy atom. The van der Waals surface area contributed by atoms with Crippen molar-refractivity contribution in [3.63, 3.8) is 0 Å². The summed E-state index contributed by atoms with van der Waals surface area (Å²) in [6, 6.07) is 6.94. The molecule has 0 amide bonds. The molecule has 0 bridgehead atoms. The summed E-state index contributed by atoms with van der Waals surface area (Å²) >= 11 is 0. The molecule has 2 nitrogen and oxygen atoms in total. The molecule has 92 valence electrons. The normalized spacial score (nSPS) is 28.8. The largest absolute Gasteiger partial charge is 0.368 e. The molecule has 1 aliphatic heterocycles. The Bertz CT molecular complexity index is 402. The van der Waals surface area contributed by atoms with E-state index in [-0.39, 0.29) is 6.10 Å². The van der Waals surface area contributed by atoms with Gasteiger partial charge in [-0.25, -0.2) is 0 Å². The molecule has 1 N–H and O–H groups in total. The lowest BCUT2D eigenvalue weighted by atomic mass is 9.89. The zero-order chi connectivity index (χ0) is 11.7. The summed E-state index contributed by atoms with van der Waals surface area (Å²) in [5.74, 6) is 0. The van der Waals surface area contributed by atoms with Crippen molar-refractivity contribution in [2.75, 3.05) is 13.1 Å². The molecule has 1 aliphatic carbocycles. The van der Waals surface area contributed by atoms with Crippen LogP contribution < -0.4 is 5.32 Å². The predicted octanol–water partition coefficient (Wildman–Crippen LogP) is 2.61. The Labute approximate surface area is 103 Å². The molecule has 1 aromatic carbocycles. The van der Waals surface area contributed by atoms with Crippen molar-refractivity contribution >= 4 is 0 Å². The minimum absolute atomic E-state index is 0.242. The van der Waals surface area contributed by atoms with Gasteiger partial charge in [-0.3, -0.25) is 0 Å². The SMILES string of the molecule is CC1CNCC(c2ccc3c(c2)CCCC3)O1. The van der Waals surface area contributed by atoms with E-state index in [9.17, 15) is 0 Å². The van der Waals surface area contributed by atoms with Crippen molar-refractivity contribution in [2.45, 2.75) is 44.8 Å². The summed E-state index contributed by atoms with van der Waals surface area (Å²) < 4.78 is 6.00. The van der Waals surface area contributed by atoms with E-state index in [1.165, 1.54) is 31.2 Å². The Kier molecular flexibility index (Phi) is 3.17. The van der Waals surface area contributed by atoms with Crippen LogP contribution in [0.5, 0.6) is 0 Å². The second kappa shape index (κ2) is 4.79. The molecular formula is C15H21NO. The first-order valence-corrected chi connectivity index (χ1v) is 6.81. The Morgan fingerprint density at radius 1 is 1.12 bits per heavy atom. The Morgan fingerprint density at radius 3 is 2.76 bits per heavy atom. The number of fused-ring (bicyclic) bond motifs is 1. The monoisotopic (exact) mass is 231 g/mol. The third-order valence-corrected chi connectivity index (χ3v) is 3.90. The highest BCUT2D eigenvalue weighted by atomic mass is 16.5. The van der Waals surface area contributed by atoms with Crippen LogP contribution in [0.15, 0.2) is 18.2 Å². The molecule has 2 unspecified atom stereocenters. The second-order valence-corrected chi connectivity index (χ2v) is 5.33. The van der Waals surface area contributed by atoms with Gasteiger partial charge in [0, 0.05) is 13.1 Å². The minimum atomic E-state index is 0.242. The maximum Gasteiger partial charge on any atom is 0.0953 e. The number of rotatable bonds is 1. The van der Waals surface area contributed by atoms with Crippen LogP contribution in [0, 0.1) is 0 Å². The van der Waals surface area contributed by atoms with E-state index in [1.54, 1.807) is 11.1 Å². The summed E-state index contributed by atoms with van der Waals surface area (Å²) in [4.78, 5) is 0. The molecule has 2 heteroatoms. The average molecular weight is 231 g/mol. The number of ether oxygens (including phenoxy) is 1. The van der Waals surface area contributed by atoms with Gasteiger partial charge in [0.05, 0.1) is 12.2 Å². The van der Waals surface area contributed by atoms with Crippen LogP contribution >= 0.6 is 0 Å². The maximum absolute atomic E-state index is 6.00. The van der Waals surface area contributed by atoms with Gasteiger partial charge >= 0.3 is 0 Å². The van der Waals surface area contributed by atoms with E-state index in [2.05, 4.69) is 30.4 Å². The van der Waals surface area contributed by atoms with Gasteiger partial charge in [-0.2, -0.15) is 0 Å². The fourth-order valence-electron chi connectivity index (χ4n) is 2.94. The van der Waals surface area contributed by atoms with Crippen LogP contribution in [0.4, 0.5) is 0 Å². The number of hydrogen-bond acceptors (Lipinski definition) is 2. The zero-order valence-corrected chi connectivity index (χ0v) is 10.5. The van der Waals surface area contributed by atoms with E-state index in [0.29, 0.717) is 6.10 Å². The third kappa shape index (κ3) is 2.38. The first kappa shape index (κ1) is 11.2. The van der Waals surface area contributed by atoms with Gasteiger partial charge in [0.15, 0.2) is 0 Å². The van der Waals surface area contributed by atoms with Crippen molar-refractivity contribution in [3.8, 4) is 0 Å². The molecule has 3 rings (SSSR count). The highest BCUT2D eigenvalue weighted by Crippen LogP contribution is 2.27. The zero-order valence-electron chi connectivity index (χ0n) is 10.5. The lowest BCUT2D eigenvalue weighted by Gasteiger charge is -2.30. The first-order chi connectivity index (χ1) is 8.33. The summed E-state index contributed by atoms with van der Waals surface area (Å²) in [5.41, 5.74) is 4.46. The van der Waals surface area contributed by atoms with Gasteiger partial charge in [-0.1, -0.05) is 18.2 Å². The van der Waals surface area contributed by atoms with E-state index in [0.717, 1.165) is 13.1 Å². The fourth-order valence-corrected chi connectivity index (χ4v) is 2.94. The lowest BCUT2D eigenvalue weighted by Crippen LogP contribution is -2.38. The predicted molar refractivity (Wildman–Crippen MR) is 69.2 cm³/mol. The molecule has 1 fully saturated rings. The molecule has 1 aromatic rings. The van der Waals surface area contributed by atoms with Crippen molar-refractivity contribution in [1.82, 2.24) is 5.32 Å². The average Bonchev–Trinajstić information content (AvgIpc) is 2.38. The Hall–Kier alpha value is -0.860. The number of hydrogen-bond donors (Lipinski definition) is 1. The first-order valence-electron chi connectivity index (χ1n) is 6.81. The van der Waals surface area contributed by atoms with E-state index < -0.39 is 0 Å². The quantitative estimate of drug-likeness (QED) is 0.802. The molecule has 2 atom stereocenters. The molecule has 2 aliphatic rings. The number of morpholine rings is 1. The summed E-state index contributed by atoms with van der Waals surface area (Å²) in [6.07, 6.45) is 5.77. The van der Waals surface area contributed by atoms with Crippen molar-refractivity contribution in [3.05, 3.63) is 34.9 Å². The molecule has 0 aromatic heterocycles. The number of aryl methyl sites for hydroxylation is 2. The van der Waals surface area contributed by atoms with E-state index >= 15 is 0 Å². The minimum Gasteiger partial charge on any atom is -0.368 e. The summed E-state index contributed by atoms with van der Waals surface area (Å²) in [5, 5.41) is 3.44. The van der Waals surface area contributed by atoms with Crippen LogP contribution in [-0.2, 0) is 17.6 Å². The Balaban J connectivity index is 1.83. The van der Waals surface area contributed by atoms with Gasteiger partial charge in [-0.15, -0.1) is 0 Å². The summed E-state index contributed by atoms with van der Waals surface area (Å²) in [6.45, 7) is 4.06. The maximum atomic E-state index is 6.00. The standard InChI is InChI=1S/C15H21NO/c1-11-9-16-10-15(17-11)14-7-6-12-4-2-3-5-13(12)8-14/h6-8,11,15-16H,2-5,9-10H2,1H3. The molecule has 17 heavy (non-hydrogen) atoms. The molecule has 0 saturated carbocycles. The lowest BCUT2D eigenvalue weighted by molar-refractivity contribution is -0.0287. The van der Waals surface area contributed by atoms with Gasteiger partial charge in [0.2, 0.25) is 0 Å². The van der Waals surface area contributed by atoms with E-state index in [1.807, 2.05) is 0 Å². The van der Waals surface area contributed by atoms with Crippen LogP contribution in [0.3, 0.4) is 0 Å². The van der Waals surface area contributed by atoms with Gasteiger partial charge < -0.3 is 10.1 Å². The fraction of sp³-hybridized carbons (Fsp3) is 0.600. The van der Waals surface area contributed by atoms with Crippen LogP contribution in [0.25, 0.3) is 0 Å². The van der Waals surface area contributed by atoms with Crippen LogP contribution in [-0.4, -0.2) is 19.2 Å². The van der Waals surface area contributed by atoms with Crippen LogP contribution in [0.1, 0.15) is 42.6 Å². The molecule has 1 saturated heterocycles. The van der Waals surface area contributed by atoms with E-state index in [4.69, 9.17) is 4.74 Å². The smallest absolute Gasteiger partial charge is 0.0953 e. The molecule has 1 heterocycles. The third-order valence-electron chi connectivity index (χ3n) is 3.90. The molecule has 0 radical (unpaired) electrons. The van der Waals surface area contributed by atoms with Crippen molar-refractivity contribution < 1.29 is 4.74 Å². The van der Waals surface area contributed by atoms with Gasteiger partial charge in [0.25, 0.3) is 0 Å². The van der Waals surface area contributed by atoms with Crippen molar-refractivity contribution in [1.29, 1.82) is 0 Å². The second-order valence-electron chi connectivity index (χ2n) is 5.33.